The number of piperidine rings is 1. The quantitative estimate of drug-likeness (QED) is 0.879. The van der Waals surface area contributed by atoms with Crippen molar-refractivity contribution >= 4 is 5.82 Å². The minimum absolute atomic E-state index is 0.240. The topological polar surface area (TPSA) is 50.3 Å². The van der Waals surface area contributed by atoms with Gasteiger partial charge in [0.25, 0.3) is 0 Å². The molecule has 3 fully saturated rings. The van der Waals surface area contributed by atoms with Crippen LogP contribution in [0.15, 0.2) is 36.4 Å². The molecule has 0 bridgehead atoms. The highest BCUT2D eigenvalue weighted by atomic mass is 19.1. The number of hydrogen-bond acceptors (Lipinski definition) is 5. The van der Waals surface area contributed by atoms with Crippen LogP contribution in [0.25, 0.3) is 11.3 Å². The van der Waals surface area contributed by atoms with Crippen LogP contribution in [-0.4, -0.2) is 54.0 Å². The molecule has 1 saturated carbocycles. The third-order valence-electron chi connectivity index (χ3n) is 6.25. The van der Waals surface area contributed by atoms with Crippen molar-refractivity contribution in [1.29, 1.82) is 0 Å². The lowest BCUT2D eigenvalue weighted by molar-refractivity contribution is 0.0540. The number of fused-ring (bicyclic) bond motifs is 1. The van der Waals surface area contributed by atoms with E-state index in [9.17, 15) is 4.39 Å². The number of nitrogens with one attached hydrogen (secondary N) is 1. The van der Waals surface area contributed by atoms with Gasteiger partial charge in [0.2, 0.25) is 0 Å². The van der Waals surface area contributed by atoms with Crippen LogP contribution in [0, 0.1) is 23.6 Å². The van der Waals surface area contributed by atoms with Crippen molar-refractivity contribution in [1.82, 2.24) is 15.1 Å². The van der Waals surface area contributed by atoms with Crippen molar-refractivity contribution in [3.8, 4) is 11.3 Å². The van der Waals surface area contributed by atoms with E-state index in [-0.39, 0.29) is 5.82 Å². The Morgan fingerprint density at radius 2 is 1.74 bits per heavy atom. The van der Waals surface area contributed by atoms with Gasteiger partial charge in [-0.15, -0.1) is 10.2 Å². The van der Waals surface area contributed by atoms with Gasteiger partial charge in [0.15, 0.2) is 0 Å². The van der Waals surface area contributed by atoms with Crippen LogP contribution in [0.4, 0.5) is 10.2 Å². The Balaban J connectivity index is 1.13. The van der Waals surface area contributed by atoms with Crippen LogP contribution in [0.2, 0.25) is 0 Å². The summed E-state index contributed by atoms with van der Waals surface area (Å²) in [5.41, 5.74) is 1.64. The Morgan fingerprint density at radius 3 is 2.41 bits per heavy atom. The maximum atomic E-state index is 13.0. The first kappa shape index (κ1) is 17.1. The molecule has 2 aliphatic heterocycles. The van der Waals surface area contributed by atoms with Crippen molar-refractivity contribution in [2.75, 3.05) is 38.2 Å². The van der Waals surface area contributed by atoms with Gasteiger partial charge in [-0.2, -0.15) is 0 Å². The average molecular weight is 368 g/mol. The summed E-state index contributed by atoms with van der Waals surface area (Å²) in [5, 5.41) is 12.2. The number of aromatic nitrogens is 2. The molecule has 6 heteroatoms. The molecule has 5 rings (SSSR count). The molecule has 1 aliphatic carbocycles. The molecule has 2 aromatic rings. The number of likely N-dealkylation sites (tertiary alicyclic amines) is 1. The summed E-state index contributed by atoms with van der Waals surface area (Å²) in [6, 6.07) is 10.8. The lowest BCUT2D eigenvalue weighted by atomic mass is 10.00. The number of hydrogen-bond donors (Lipinski definition) is 1. The van der Waals surface area contributed by atoms with Crippen molar-refractivity contribution in [2.45, 2.75) is 18.9 Å². The summed E-state index contributed by atoms with van der Waals surface area (Å²) in [6.07, 6.45) is 2.42. The third kappa shape index (κ3) is 3.69. The van der Waals surface area contributed by atoms with E-state index in [4.69, 9.17) is 4.74 Å². The van der Waals surface area contributed by atoms with Crippen molar-refractivity contribution in [3.05, 3.63) is 42.2 Å². The van der Waals surface area contributed by atoms with Gasteiger partial charge in [-0.1, -0.05) is 0 Å². The Labute approximate surface area is 158 Å². The molecule has 2 saturated heterocycles. The molecule has 1 aromatic carbocycles. The van der Waals surface area contributed by atoms with Crippen LogP contribution in [0.1, 0.15) is 12.8 Å². The fourth-order valence-electron chi connectivity index (χ4n) is 4.63. The Bertz CT molecular complexity index is 764. The van der Waals surface area contributed by atoms with Crippen LogP contribution < -0.4 is 5.32 Å². The van der Waals surface area contributed by atoms with Gasteiger partial charge in [0.1, 0.15) is 11.6 Å². The van der Waals surface area contributed by atoms with Gasteiger partial charge >= 0.3 is 0 Å². The highest BCUT2D eigenvalue weighted by Crippen LogP contribution is 2.47. The molecule has 3 aliphatic rings. The molecule has 5 nitrogen and oxygen atoms in total. The first-order chi connectivity index (χ1) is 13.3. The highest BCUT2D eigenvalue weighted by Gasteiger charge is 2.55. The van der Waals surface area contributed by atoms with Gasteiger partial charge in [-0.25, -0.2) is 4.39 Å². The molecule has 0 unspecified atom stereocenters. The molecular formula is C21H25FN4O. The van der Waals surface area contributed by atoms with Crippen LogP contribution in [0.3, 0.4) is 0 Å². The van der Waals surface area contributed by atoms with E-state index in [1.807, 2.05) is 12.1 Å². The lowest BCUT2D eigenvalue weighted by Gasteiger charge is -2.28. The van der Waals surface area contributed by atoms with E-state index < -0.39 is 0 Å². The molecule has 27 heavy (non-hydrogen) atoms. The minimum Gasteiger partial charge on any atom is -0.381 e. The monoisotopic (exact) mass is 368 g/mol. The Hall–Kier alpha value is -2.05. The minimum atomic E-state index is -0.240. The lowest BCUT2D eigenvalue weighted by Crippen LogP contribution is -2.34. The first-order valence-electron chi connectivity index (χ1n) is 9.92. The van der Waals surface area contributed by atoms with Gasteiger partial charge < -0.3 is 15.0 Å². The molecule has 0 radical (unpaired) electrons. The Kier molecular flexibility index (Phi) is 4.53. The summed E-state index contributed by atoms with van der Waals surface area (Å²) in [4.78, 5) is 2.63. The summed E-state index contributed by atoms with van der Waals surface area (Å²) in [5.74, 6) is 2.88. The zero-order valence-corrected chi connectivity index (χ0v) is 15.4. The molecule has 3 heterocycles. The van der Waals surface area contributed by atoms with Crippen LogP contribution in [0.5, 0.6) is 0 Å². The van der Waals surface area contributed by atoms with E-state index in [0.29, 0.717) is 6.04 Å². The van der Waals surface area contributed by atoms with Gasteiger partial charge in [-0.3, -0.25) is 0 Å². The summed E-state index contributed by atoms with van der Waals surface area (Å²) in [7, 11) is 0. The fraction of sp³-hybridized carbons (Fsp3) is 0.524. The van der Waals surface area contributed by atoms with E-state index in [1.165, 1.54) is 44.6 Å². The summed E-state index contributed by atoms with van der Waals surface area (Å²) >= 11 is 0. The zero-order chi connectivity index (χ0) is 18.2. The second-order valence-electron chi connectivity index (χ2n) is 8.08. The molecular weight excluding hydrogens is 343 g/mol. The first-order valence-corrected chi connectivity index (χ1v) is 9.92. The summed E-state index contributed by atoms with van der Waals surface area (Å²) < 4.78 is 18.5. The average Bonchev–Trinajstić information content (AvgIpc) is 3.14. The SMILES string of the molecule is Fc1ccc(-c2ccc(N[C@@H]3[C@@H]4CN(CC5CCOCC5)C[C@@H]43)nn2)cc1. The number of anilines is 1. The second kappa shape index (κ2) is 7.17. The predicted octanol–water partition coefficient (Wildman–Crippen LogP) is 3.05. The van der Waals surface area contributed by atoms with Gasteiger partial charge in [0, 0.05) is 44.5 Å². The number of benzene rings is 1. The standard InChI is InChI=1S/C21H25FN4O/c22-16-3-1-15(2-4-16)19-5-6-20(25-24-19)23-21-17-12-26(13-18(17)21)11-14-7-9-27-10-8-14/h1-6,14,17-18,21H,7-13H2,(H,23,25)/t17-,18+,21-. The van der Waals surface area contributed by atoms with Gasteiger partial charge in [-0.05, 0) is 67.0 Å². The maximum absolute atomic E-state index is 13.0. The van der Waals surface area contributed by atoms with Crippen molar-refractivity contribution in [2.24, 2.45) is 17.8 Å². The molecule has 1 aromatic heterocycles. The van der Waals surface area contributed by atoms with E-state index in [0.717, 1.165) is 48.0 Å². The van der Waals surface area contributed by atoms with Crippen LogP contribution >= 0.6 is 0 Å². The summed E-state index contributed by atoms with van der Waals surface area (Å²) in [6.45, 7) is 5.49. The molecule has 3 atom stereocenters. The molecule has 1 N–H and O–H groups in total. The number of ether oxygens (including phenoxy) is 1. The Morgan fingerprint density at radius 1 is 1.00 bits per heavy atom. The molecule has 0 amide bonds. The van der Waals surface area contributed by atoms with Gasteiger partial charge in [0.05, 0.1) is 5.69 Å². The van der Waals surface area contributed by atoms with E-state index in [1.54, 1.807) is 12.1 Å². The highest BCUT2D eigenvalue weighted by molar-refractivity contribution is 5.59. The van der Waals surface area contributed by atoms with Crippen molar-refractivity contribution < 1.29 is 9.13 Å². The zero-order valence-electron chi connectivity index (χ0n) is 15.4. The molecule has 142 valence electrons. The maximum Gasteiger partial charge on any atom is 0.148 e. The second-order valence-corrected chi connectivity index (χ2v) is 8.08. The number of nitrogens with zero attached hydrogens (tertiary/aromatic N) is 3. The van der Waals surface area contributed by atoms with E-state index >= 15 is 0 Å². The number of halogens is 1. The van der Waals surface area contributed by atoms with Crippen LogP contribution in [-0.2, 0) is 4.74 Å². The van der Waals surface area contributed by atoms with Crippen molar-refractivity contribution in [3.63, 3.8) is 0 Å². The predicted molar refractivity (Wildman–Crippen MR) is 102 cm³/mol. The van der Waals surface area contributed by atoms with E-state index in [2.05, 4.69) is 20.4 Å². The largest absolute Gasteiger partial charge is 0.381 e. The normalized spacial score (nSPS) is 28.1. The smallest absolute Gasteiger partial charge is 0.148 e. The third-order valence-corrected chi connectivity index (χ3v) is 6.25. The molecule has 0 spiro atoms. The number of rotatable bonds is 5. The fourth-order valence-corrected chi connectivity index (χ4v) is 4.63.